The van der Waals surface area contributed by atoms with Gasteiger partial charge < -0.3 is 14.8 Å². The molecule has 8 heteroatoms. The second kappa shape index (κ2) is 9.01. The van der Waals surface area contributed by atoms with Gasteiger partial charge in [-0.3, -0.25) is 14.9 Å². The summed E-state index contributed by atoms with van der Waals surface area (Å²) in [7, 11) is 2.93. The number of carbonyl (C=O) groups excluding carboxylic acids is 1. The molecule has 0 fully saturated rings. The van der Waals surface area contributed by atoms with Crippen molar-refractivity contribution < 1.29 is 19.2 Å². The van der Waals surface area contributed by atoms with Crippen LogP contribution in [0, 0.1) is 21.4 Å². The number of nitriles is 1. The van der Waals surface area contributed by atoms with Crippen molar-refractivity contribution in [2.75, 3.05) is 14.2 Å². The molecule has 138 valence electrons. The van der Waals surface area contributed by atoms with Gasteiger partial charge in [0.05, 0.1) is 25.2 Å². The number of non-ortho nitro benzene ring substituents is 1. The number of hydrogen-bond donors (Lipinski definition) is 1. The number of ether oxygens (including phenoxy) is 2. The maximum Gasteiger partial charge on any atom is 0.269 e. The number of methoxy groups -OCH3 is 2. The van der Waals surface area contributed by atoms with Crippen LogP contribution in [0.1, 0.15) is 17.2 Å². The lowest BCUT2D eigenvalue weighted by atomic mass is 10.1. The topological polar surface area (TPSA) is 114 Å². The zero-order chi connectivity index (χ0) is 19.8. The monoisotopic (exact) mass is 367 g/mol. The van der Waals surface area contributed by atoms with Crippen molar-refractivity contribution in [2.45, 2.75) is 6.04 Å². The van der Waals surface area contributed by atoms with Gasteiger partial charge in [-0.15, -0.1) is 0 Å². The molecule has 2 aromatic rings. The predicted octanol–water partition coefficient (Wildman–Crippen LogP) is 3.01. The molecule has 0 bridgehead atoms. The van der Waals surface area contributed by atoms with Crippen molar-refractivity contribution in [1.82, 2.24) is 5.32 Å². The van der Waals surface area contributed by atoms with Gasteiger partial charge in [-0.25, -0.2) is 0 Å². The molecule has 0 aliphatic carbocycles. The van der Waals surface area contributed by atoms with Gasteiger partial charge in [-0.1, -0.05) is 12.1 Å². The van der Waals surface area contributed by atoms with Crippen LogP contribution in [0.15, 0.2) is 48.5 Å². The minimum absolute atomic E-state index is 0.0359. The van der Waals surface area contributed by atoms with Crippen molar-refractivity contribution in [3.8, 4) is 17.6 Å². The molecule has 1 N–H and O–H groups in total. The molecule has 27 heavy (non-hydrogen) atoms. The number of rotatable bonds is 7. The minimum Gasteiger partial charge on any atom is -0.493 e. The van der Waals surface area contributed by atoms with E-state index < -0.39 is 16.9 Å². The lowest BCUT2D eigenvalue weighted by molar-refractivity contribution is -0.384. The van der Waals surface area contributed by atoms with Crippen LogP contribution in [0.3, 0.4) is 0 Å². The molecule has 0 aliphatic rings. The zero-order valence-electron chi connectivity index (χ0n) is 14.7. The van der Waals surface area contributed by atoms with E-state index in [1.165, 1.54) is 50.6 Å². The lowest BCUT2D eigenvalue weighted by Gasteiger charge is -2.16. The molecule has 1 amide bonds. The fourth-order valence-electron chi connectivity index (χ4n) is 2.39. The van der Waals surface area contributed by atoms with Crippen LogP contribution < -0.4 is 14.8 Å². The molecular weight excluding hydrogens is 350 g/mol. The summed E-state index contributed by atoms with van der Waals surface area (Å²) >= 11 is 0. The van der Waals surface area contributed by atoms with E-state index in [4.69, 9.17) is 9.47 Å². The van der Waals surface area contributed by atoms with Crippen molar-refractivity contribution in [3.63, 3.8) is 0 Å². The fourth-order valence-corrected chi connectivity index (χ4v) is 2.39. The van der Waals surface area contributed by atoms with Gasteiger partial charge in [-0.2, -0.15) is 5.26 Å². The Bertz CT molecular complexity index is 901. The smallest absolute Gasteiger partial charge is 0.269 e. The van der Waals surface area contributed by atoms with Crippen LogP contribution in [0.4, 0.5) is 5.69 Å². The molecule has 2 rings (SSSR count). The molecule has 0 spiro atoms. The number of amides is 1. The SMILES string of the molecule is COc1cccc(C(C#N)NC(=O)/C=C/c2ccc([N+](=O)[O-])cc2)c1OC. The summed E-state index contributed by atoms with van der Waals surface area (Å²) in [5.41, 5.74) is 1.05. The Morgan fingerprint density at radius 3 is 2.48 bits per heavy atom. The number of carbonyl (C=O) groups is 1. The quantitative estimate of drug-likeness (QED) is 0.457. The van der Waals surface area contributed by atoms with Crippen LogP contribution >= 0.6 is 0 Å². The number of hydrogen-bond acceptors (Lipinski definition) is 6. The molecule has 2 aromatic carbocycles. The molecule has 0 aromatic heterocycles. The molecule has 0 saturated heterocycles. The number of nitrogens with zero attached hydrogens (tertiary/aromatic N) is 2. The van der Waals surface area contributed by atoms with E-state index in [0.717, 1.165) is 0 Å². The Hall–Kier alpha value is -3.86. The van der Waals surface area contributed by atoms with Crippen molar-refractivity contribution in [1.29, 1.82) is 5.26 Å². The van der Waals surface area contributed by atoms with E-state index in [1.807, 2.05) is 6.07 Å². The normalized spacial score (nSPS) is 11.4. The van der Waals surface area contributed by atoms with E-state index in [-0.39, 0.29) is 5.69 Å². The summed E-state index contributed by atoms with van der Waals surface area (Å²) in [6, 6.07) is 11.9. The largest absolute Gasteiger partial charge is 0.493 e. The summed E-state index contributed by atoms with van der Waals surface area (Å²) in [4.78, 5) is 22.3. The summed E-state index contributed by atoms with van der Waals surface area (Å²) in [6.45, 7) is 0. The second-order valence-corrected chi connectivity index (χ2v) is 5.34. The number of nitrogens with one attached hydrogen (secondary N) is 1. The third-order valence-corrected chi connectivity index (χ3v) is 3.69. The van der Waals surface area contributed by atoms with E-state index in [1.54, 1.807) is 18.2 Å². The highest BCUT2D eigenvalue weighted by Gasteiger charge is 2.20. The van der Waals surface area contributed by atoms with Crippen LogP contribution in [-0.2, 0) is 4.79 Å². The molecule has 8 nitrogen and oxygen atoms in total. The van der Waals surface area contributed by atoms with Crippen LogP contribution in [0.5, 0.6) is 11.5 Å². The van der Waals surface area contributed by atoms with Crippen LogP contribution in [0.25, 0.3) is 6.08 Å². The minimum atomic E-state index is -0.941. The number of nitro benzene ring substituents is 1. The first-order chi connectivity index (χ1) is 13.0. The second-order valence-electron chi connectivity index (χ2n) is 5.34. The summed E-state index contributed by atoms with van der Waals surface area (Å²) in [6.07, 6.45) is 2.74. The lowest BCUT2D eigenvalue weighted by Crippen LogP contribution is -2.26. The van der Waals surface area contributed by atoms with Crippen LogP contribution in [-0.4, -0.2) is 25.1 Å². The van der Waals surface area contributed by atoms with Gasteiger partial charge in [-0.05, 0) is 29.8 Å². The van der Waals surface area contributed by atoms with Crippen molar-refractivity contribution >= 4 is 17.7 Å². The maximum atomic E-state index is 12.2. The first kappa shape index (κ1) is 19.5. The number of para-hydroxylation sites is 1. The van der Waals surface area contributed by atoms with Gasteiger partial charge in [0.2, 0.25) is 5.91 Å². The fraction of sp³-hybridized carbons (Fsp3) is 0.158. The molecule has 1 unspecified atom stereocenters. The molecule has 0 radical (unpaired) electrons. The average molecular weight is 367 g/mol. The Kier molecular flexibility index (Phi) is 6.49. The van der Waals surface area contributed by atoms with E-state index in [2.05, 4.69) is 5.32 Å². The molecule has 0 aliphatic heterocycles. The molecule has 0 saturated carbocycles. The molecule has 0 heterocycles. The van der Waals surface area contributed by atoms with Crippen molar-refractivity contribution in [3.05, 3.63) is 69.8 Å². The highest BCUT2D eigenvalue weighted by atomic mass is 16.6. The summed E-state index contributed by atoms with van der Waals surface area (Å²) < 4.78 is 10.5. The average Bonchev–Trinajstić information content (AvgIpc) is 2.70. The van der Waals surface area contributed by atoms with E-state index in [9.17, 15) is 20.2 Å². The molecular formula is C19H17N3O5. The Morgan fingerprint density at radius 1 is 1.22 bits per heavy atom. The molecule has 1 atom stereocenters. The van der Waals surface area contributed by atoms with Gasteiger partial charge in [0, 0.05) is 23.8 Å². The van der Waals surface area contributed by atoms with E-state index in [0.29, 0.717) is 22.6 Å². The zero-order valence-corrected chi connectivity index (χ0v) is 14.7. The maximum absolute atomic E-state index is 12.2. The predicted molar refractivity (Wildman–Crippen MR) is 98.2 cm³/mol. The highest BCUT2D eigenvalue weighted by Crippen LogP contribution is 2.34. The Morgan fingerprint density at radius 2 is 1.93 bits per heavy atom. The first-order valence-electron chi connectivity index (χ1n) is 7.83. The number of benzene rings is 2. The van der Waals surface area contributed by atoms with Gasteiger partial charge in [0.1, 0.15) is 6.04 Å². The van der Waals surface area contributed by atoms with Gasteiger partial charge in [0.25, 0.3) is 5.69 Å². The highest BCUT2D eigenvalue weighted by molar-refractivity contribution is 5.92. The third kappa shape index (κ3) is 4.83. The van der Waals surface area contributed by atoms with Crippen molar-refractivity contribution in [2.24, 2.45) is 0 Å². The summed E-state index contributed by atoms with van der Waals surface area (Å²) in [5, 5.41) is 22.6. The third-order valence-electron chi connectivity index (χ3n) is 3.69. The van der Waals surface area contributed by atoms with Gasteiger partial charge in [0.15, 0.2) is 11.5 Å². The van der Waals surface area contributed by atoms with E-state index >= 15 is 0 Å². The summed E-state index contributed by atoms with van der Waals surface area (Å²) in [5.74, 6) is 0.321. The standard InChI is InChI=1S/C19H17N3O5/c1-26-17-5-3-4-15(19(17)27-2)16(12-20)21-18(23)11-8-13-6-9-14(10-7-13)22(24)25/h3-11,16H,1-2H3,(H,21,23)/b11-8+. The Balaban J connectivity index is 2.14. The Labute approximate surface area is 155 Å². The van der Waals surface area contributed by atoms with Gasteiger partial charge >= 0.3 is 0 Å². The first-order valence-corrected chi connectivity index (χ1v) is 7.83. The van der Waals surface area contributed by atoms with Crippen LogP contribution in [0.2, 0.25) is 0 Å². The number of nitro groups is 1.